The van der Waals surface area contributed by atoms with Crippen LogP contribution < -0.4 is 0 Å². The van der Waals surface area contributed by atoms with Crippen LogP contribution in [-0.2, 0) is 16.1 Å². The summed E-state index contributed by atoms with van der Waals surface area (Å²) in [6.45, 7) is 0.0199. The number of hydrogen-bond donors (Lipinski definition) is 0. The van der Waals surface area contributed by atoms with Crippen LogP contribution in [0.1, 0.15) is 5.56 Å². The van der Waals surface area contributed by atoms with Crippen molar-refractivity contribution in [3.63, 3.8) is 0 Å². The number of carbonyl (C=O) groups excluding carboxylic acids is 1. The Hall–Kier alpha value is -2.91. The molecule has 0 aliphatic heterocycles. The van der Waals surface area contributed by atoms with Crippen LogP contribution in [0.2, 0.25) is 5.02 Å². The summed E-state index contributed by atoms with van der Waals surface area (Å²) in [5, 5.41) is 19.1. The SMILES string of the molecule is O=C(CSc1nnc(-c2ccccc2Cl)o1)OCc1ccc([N+](=O)[O-])cc1. The van der Waals surface area contributed by atoms with Crippen molar-refractivity contribution in [2.45, 2.75) is 11.8 Å². The second-order valence-corrected chi connectivity index (χ2v) is 6.56. The molecule has 27 heavy (non-hydrogen) atoms. The summed E-state index contributed by atoms with van der Waals surface area (Å²) in [6, 6.07) is 12.8. The Morgan fingerprint density at radius 2 is 1.93 bits per heavy atom. The van der Waals surface area contributed by atoms with E-state index < -0.39 is 10.9 Å². The highest BCUT2D eigenvalue weighted by atomic mass is 35.5. The lowest BCUT2D eigenvalue weighted by molar-refractivity contribution is -0.384. The van der Waals surface area contributed by atoms with Crippen LogP contribution in [0.15, 0.2) is 58.2 Å². The van der Waals surface area contributed by atoms with E-state index in [1.54, 1.807) is 24.3 Å². The first-order valence-corrected chi connectivity index (χ1v) is 8.99. The minimum Gasteiger partial charge on any atom is -0.460 e. The van der Waals surface area contributed by atoms with Gasteiger partial charge in [0.25, 0.3) is 10.9 Å². The Labute approximate surface area is 162 Å². The van der Waals surface area contributed by atoms with Crippen LogP contribution in [0, 0.1) is 10.1 Å². The Bertz CT molecular complexity index is 961. The molecule has 0 saturated heterocycles. The molecule has 0 atom stereocenters. The summed E-state index contributed by atoms with van der Waals surface area (Å²) in [4.78, 5) is 21.9. The van der Waals surface area contributed by atoms with Gasteiger partial charge in [0, 0.05) is 12.1 Å². The Kier molecular flexibility index (Phi) is 6.05. The third-order valence-corrected chi connectivity index (χ3v) is 4.49. The highest BCUT2D eigenvalue weighted by Crippen LogP contribution is 2.28. The number of aromatic nitrogens is 2. The van der Waals surface area contributed by atoms with Crippen LogP contribution >= 0.6 is 23.4 Å². The monoisotopic (exact) mass is 405 g/mol. The number of halogens is 1. The topological polar surface area (TPSA) is 108 Å². The number of rotatable bonds is 7. The average Bonchev–Trinajstić information content (AvgIpc) is 3.14. The smallest absolute Gasteiger partial charge is 0.316 e. The van der Waals surface area contributed by atoms with Crippen molar-refractivity contribution < 1.29 is 18.9 Å². The first-order valence-electron chi connectivity index (χ1n) is 7.63. The lowest BCUT2D eigenvalue weighted by atomic mass is 10.2. The molecule has 3 aromatic rings. The van der Waals surface area contributed by atoms with E-state index >= 15 is 0 Å². The van der Waals surface area contributed by atoms with Crippen molar-refractivity contribution in [1.29, 1.82) is 0 Å². The van der Waals surface area contributed by atoms with E-state index in [9.17, 15) is 14.9 Å². The second-order valence-electron chi connectivity index (χ2n) is 5.23. The quantitative estimate of drug-likeness (QED) is 0.250. The number of benzene rings is 2. The zero-order valence-corrected chi connectivity index (χ0v) is 15.3. The molecule has 0 saturated carbocycles. The van der Waals surface area contributed by atoms with Crippen molar-refractivity contribution in [2.75, 3.05) is 5.75 Å². The van der Waals surface area contributed by atoms with Gasteiger partial charge in [-0.1, -0.05) is 35.5 Å². The second kappa shape index (κ2) is 8.65. The highest BCUT2D eigenvalue weighted by molar-refractivity contribution is 7.99. The molecule has 8 nitrogen and oxygen atoms in total. The van der Waals surface area contributed by atoms with Crippen LogP contribution in [0.3, 0.4) is 0 Å². The van der Waals surface area contributed by atoms with Crippen LogP contribution in [0.4, 0.5) is 5.69 Å². The lowest BCUT2D eigenvalue weighted by Crippen LogP contribution is -2.07. The molecule has 0 fully saturated rings. The van der Waals surface area contributed by atoms with Crippen molar-refractivity contribution in [3.05, 3.63) is 69.2 Å². The van der Waals surface area contributed by atoms with Crippen LogP contribution in [-0.4, -0.2) is 26.8 Å². The van der Waals surface area contributed by atoms with Crippen molar-refractivity contribution in [1.82, 2.24) is 10.2 Å². The first-order chi connectivity index (χ1) is 13.0. The summed E-state index contributed by atoms with van der Waals surface area (Å²) in [6.07, 6.45) is 0. The van der Waals surface area contributed by atoms with Gasteiger partial charge < -0.3 is 9.15 Å². The lowest BCUT2D eigenvalue weighted by Gasteiger charge is -2.03. The number of esters is 1. The van der Waals surface area contributed by atoms with Gasteiger partial charge in [-0.25, -0.2) is 0 Å². The molecule has 0 unspecified atom stereocenters. The molecular formula is C17H12ClN3O5S. The van der Waals surface area contributed by atoms with E-state index in [0.29, 0.717) is 16.1 Å². The van der Waals surface area contributed by atoms with Crippen LogP contribution in [0.25, 0.3) is 11.5 Å². The van der Waals surface area contributed by atoms with E-state index in [-0.39, 0.29) is 29.2 Å². The van der Waals surface area contributed by atoms with Crippen LogP contribution in [0.5, 0.6) is 0 Å². The molecule has 10 heteroatoms. The maximum Gasteiger partial charge on any atom is 0.316 e. The van der Waals surface area contributed by atoms with Gasteiger partial charge in [0.2, 0.25) is 5.89 Å². The van der Waals surface area contributed by atoms with Crippen molar-refractivity contribution >= 4 is 35.0 Å². The van der Waals surface area contributed by atoms with Crippen molar-refractivity contribution in [2.24, 2.45) is 0 Å². The number of thioether (sulfide) groups is 1. The molecule has 2 aromatic carbocycles. The van der Waals surface area contributed by atoms with E-state index in [2.05, 4.69) is 10.2 Å². The molecule has 0 spiro atoms. The number of nitro groups is 1. The van der Waals surface area contributed by atoms with Gasteiger partial charge in [0.1, 0.15) is 12.4 Å². The van der Waals surface area contributed by atoms with E-state index in [1.165, 1.54) is 24.3 Å². The molecule has 0 radical (unpaired) electrons. The fourth-order valence-corrected chi connectivity index (χ4v) is 2.83. The molecule has 0 amide bonds. The summed E-state index contributed by atoms with van der Waals surface area (Å²) in [7, 11) is 0. The third-order valence-electron chi connectivity index (χ3n) is 3.37. The van der Waals surface area contributed by atoms with Crippen molar-refractivity contribution in [3.8, 4) is 11.5 Å². The average molecular weight is 406 g/mol. The fourth-order valence-electron chi connectivity index (χ4n) is 2.05. The Morgan fingerprint density at radius 1 is 1.19 bits per heavy atom. The maximum absolute atomic E-state index is 11.8. The number of nitro benzene ring substituents is 1. The standard InChI is InChI=1S/C17H12ClN3O5S/c18-14-4-2-1-3-13(14)16-19-20-17(26-16)27-10-15(22)25-9-11-5-7-12(8-6-11)21(23)24/h1-8H,9-10H2. The largest absolute Gasteiger partial charge is 0.460 e. The van der Waals surface area contributed by atoms with Gasteiger partial charge in [-0.05, 0) is 29.8 Å². The summed E-state index contributed by atoms with van der Waals surface area (Å²) < 4.78 is 10.6. The van der Waals surface area contributed by atoms with Gasteiger partial charge in [0.15, 0.2) is 0 Å². The minimum absolute atomic E-state index is 0.0167. The predicted octanol–water partition coefficient (Wildman–Crippen LogP) is 4.13. The number of hydrogen-bond acceptors (Lipinski definition) is 8. The first kappa shape index (κ1) is 18.9. The molecule has 0 N–H and O–H groups in total. The van der Waals surface area contributed by atoms with E-state index in [0.717, 1.165) is 11.8 Å². The zero-order valence-electron chi connectivity index (χ0n) is 13.7. The van der Waals surface area contributed by atoms with Gasteiger partial charge in [-0.2, -0.15) is 0 Å². The van der Waals surface area contributed by atoms with Gasteiger partial charge >= 0.3 is 5.97 Å². The molecule has 1 heterocycles. The van der Waals surface area contributed by atoms with Gasteiger partial charge in [-0.15, -0.1) is 10.2 Å². The number of nitrogens with zero attached hydrogens (tertiary/aromatic N) is 3. The normalized spacial score (nSPS) is 10.6. The summed E-state index contributed by atoms with van der Waals surface area (Å²) in [5.74, 6) is -0.227. The molecule has 138 valence electrons. The Balaban J connectivity index is 1.49. The van der Waals surface area contributed by atoms with E-state index in [4.69, 9.17) is 20.8 Å². The minimum atomic E-state index is -0.492. The molecule has 1 aromatic heterocycles. The van der Waals surface area contributed by atoms with Gasteiger partial charge in [0.05, 0.1) is 15.5 Å². The molecule has 3 rings (SSSR count). The summed E-state index contributed by atoms with van der Waals surface area (Å²) in [5.41, 5.74) is 1.24. The molecule has 0 aliphatic rings. The fraction of sp³-hybridized carbons (Fsp3) is 0.118. The molecule has 0 aliphatic carbocycles. The number of non-ortho nitro benzene ring substituents is 1. The highest BCUT2D eigenvalue weighted by Gasteiger charge is 2.14. The zero-order chi connectivity index (χ0) is 19.2. The molecule has 0 bridgehead atoms. The summed E-state index contributed by atoms with van der Waals surface area (Å²) >= 11 is 7.12. The number of ether oxygens (including phenoxy) is 1. The predicted molar refractivity (Wildman–Crippen MR) is 98.4 cm³/mol. The van der Waals surface area contributed by atoms with Gasteiger partial charge in [-0.3, -0.25) is 14.9 Å². The number of carbonyl (C=O) groups is 1. The van der Waals surface area contributed by atoms with E-state index in [1.807, 2.05) is 0 Å². The third kappa shape index (κ3) is 5.05. The Morgan fingerprint density at radius 3 is 2.63 bits per heavy atom. The maximum atomic E-state index is 11.8. The molecular weight excluding hydrogens is 394 g/mol.